The largest absolute Gasteiger partial charge is 0.494 e. The molecule has 0 radical (unpaired) electrons. The summed E-state index contributed by atoms with van der Waals surface area (Å²) in [4.78, 5) is 16.9. The molecule has 29 heavy (non-hydrogen) atoms. The number of carbonyl (C=O) groups excluding carboxylic acids is 1. The van der Waals surface area contributed by atoms with Gasteiger partial charge in [-0.15, -0.1) is 0 Å². The Kier molecular flexibility index (Phi) is 5.16. The smallest absolute Gasteiger partial charge is 0.238 e. The fourth-order valence-electron chi connectivity index (χ4n) is 3.48. The minimum Gasteiger partial charge on any atom is -0.494 e. The number of hydrogen-bond donors (Lipinski definition) is 1. The number of benzene rings is 2. The number of nitrogens with zero attached hydrogens (tertiary/aromatic N) is 2. The maximum atomic E-state index is 12.3. The summed E-state index contributed by atoms with van der Waals surface area (Å²) < 4.78 is 5.60. The summed E-state index contributed by atoms with van der Waals surface area (Å²) in [7, 11) is 0. The third-order valence-electron chi connectivity index (χ3n) is 4.94. The number of ether oxygens (including phenoxy) is 1. The second kappa shape index (κ2) is 7.76. The van der Waals surface area contributed by atoms with Gasteiger partial charge in [-0.2, -0.15) is 0 Å². The third kappa shape index (κ3) is 3.78. The van der Waals surface area contributed by atoms with Crippen LogP contribution in [0.2, 0.25) is 5.15 Å². The highest BCUT2D eigenvalue weighted by Gasteiger charge is 2.31. The maximum Gasteiger partial charge on any atom is 0.238 e. The highest BCUT2D eigenvalue weighted by Crippen LogP contribution is 2.36. The molecule has 1 N–H and O–H groups in total. The van der Waals surface area contributed by atoms with Gasteiger partial charge in [0.1, 0.15) is 16.9 Å². The summed E-state index contributed by atoms with van der Waals surface area (Å²) in [6.07, 6.45) is 2.01. The van der Waals surface area contributed by atoms with Crippen molar-refractivity contribution in [2.24, 2.45) is 0 Å². The van der Waals surface area contributed by atoms with Crippen LogP contribution >= 0.6 is 11.6 Å². The summed E-state index contributed by atoms with van der Waals surface area (Å²) in [6, 6.07) is 15.5. The van der Waals surface area contributed by atoms with Crippen molar-refractivity contribution >= 4 is 34.1 Å². The van der Waals surface area contributed by atoms with Gasteiger partial charge in [0.15, 0.2) is 0 Å². The number of halogens is 1. The molecule has 0 spiro atoms. The lowest BCUT2D eigenvalue weighted by Crippen LogP contribution is -2.38. The lowest BCUT2D eigenvalue weighted by atomic mass is 10.0. The molecular formula is C23H22ClN3O2. The number of aryl methyl sites for hydroxylation is 1. The Morgan fingerprint density at radius 1 is 1.21 bits per heavy atom. The van der Waals surface area contributed by atoms with Crippen LogP contribution in [0.5, 0.6) is 5.75 Å². The molecule has 148 valence electrons. The van der Waals surface area contributed by atoms with Crippen LogP contribution in [0.3, 0.4) is 0 Å². The van der Waals surface area contributed by atoms with Crippen molar-refractivity contribution in [3.63, 3.8) is 0 Å². The Bertz CT molecular complexity index is 1110. The zero-order valence-corrected chi connectivity index (χ0v) is 17.3. The van der Waals surface area contributed by atoms with Crippen LogP contribution in [-0.4, -0.2) is 22.5 Å². The molecule has 0 bridgehead atoms. The first kappa shape index (κ1) is 19.3. The SMILES string of the molecule is CCOc1ccc2nc(Cl)c([C@H]3C=C(c4ccc(C)cc4)NN3C(C)=O)cc2c1. The van der Waals surface area contributed by atoms with Crippen LogP contribution in [-0.2, 0) is 4.79 Å². The van der Waals surface area contributed by atoms with E-state index in [2.05, 4.69) is 10.4 Å². The van der Waals surface area contributed by atoms with Gasteiger partial charge >= 0.3 is 0 Å². The van der Waals surface area contributed by atoms with E-state index in [4.69, 9.17) is 16.3 Å². The van der Waals surface area contributed by atoms with Gasteiger partial charge in [-0.3, -0.25) is 10.2 Å². The Labute approximate surface area is 174 Å². The molecule has 1 amide bonds. The molecule has 6 heteroatoms. The zero-order valence-electron chi connectivity index (χ0n) is 16.6. The first-order chi connectivity index (χ1) is 14.0. The fraction of sp³-hybridized carbons (Fsp3) is 0.217. The average Bonchev–Trinajstić information content (AvgIpc) is 3.14. The van der Waals surface area contributed by atoms with Crippen molar-refractivity contribution in [1.82, 2.24) is 15.4 Å². The molecule has 2 aromatic carbocycles. The number of fused-ring (bicyclic) bond motifs is 1. The normalized spacial score (nSPS) is 15.9. The monoisotopic (exact) mass is 407 g/mol. The van der Waals surface area contributed by atoms with E-state index < -0.39 is 0 Å². The Balaban J connectivity index is 1.79. The second-order valence-corrected chi connectivity index (χ2v) is 7.41. The molecule has 3 aromatic rings. The van der Waals surface area contributed by atoms with E-state index in [-0.39, 0.29) is 11.9 Å². The molecular weight excluding hydrogens is 386 g/mol. The van der Waals surface area contributed by atoms with Crippen molar-refractivity contribution in [3.05, 3.63) is 76.5 Å². The van der Waals surface area contributed by atoms with Crippen LogP contribution in [0.25, 0.3) is 16.6 Å². The molecule has 0 unspecified atom stereocenters. The highest BCUT2D eigenvalue weighted by molar-refractivity contribution is 6.30. The highest BCUT2D eigenvalue weighted by atomic mass is 35.5. The lowest BCUT2D eigenvalue weighted by Gasteiger charge is -2.24. The number of amides is 1. The number of hydrazine groups is 1. The van der Waals surface area contributed by atoms with Crippen LogP contribution in [0.15, 0.2) is 54.6 Å². The molecule has 0 aliphatic carbocycles. The zero-order chi connectivity index (χ0) is 20.5. The molecule has 5 nitrogen and oxygen atoms in total. The van der Waals surface area contributed by atoms with Gasteiger partial charge in [0, 0.05) is 17.9 Å². The average molecular weight is 408 g/mol. The number of pyridine rings is 1. The minimum absolute atomic E-state index is 0.104. The number of hydrogen-bond acceptors (Lipinski definition) is 4. The number of nitrogens with one attached hydrogen (secondary N) is 1. The Hall–Kier alpha value is -3.05. The summed E-state index contributed by atoms with van der Waals surface area (Å²) >= 11 is 6.53. The number of carbonyl (C=O) groups is 1. The summed E-state index contributed by atoms with van der Waals surface area (Å²) in [6.45, 7) is 6.11. The third-order valence-corrected chi connectivity index (χ3v) is 5.24. The molecule has 4 rings (SSSR count). The topological polar surface area (TPSA) is 54.5 Å². The summed E-state index contributed by atoms with van der Waals surface area (Å²) in [5.41, 5.74) is 7.81. The van der Waals surface area contributed by atoms with Gasteiger partial charge in [0.2, 0.25) is 5.91 Å². The lowest BCUT2D eigenvalue weighted by molar-refractivity contribution is -0.132. The number of aromatic nitrogens is 1. The molecule has 0 fully saturated rings. The maximum absolute atomic E-state index is 12.3. The first-order valence-corrected chi connectivity index (χ1v) is 9.92. The Morgan fingerprint density at radius 3 is 2.66 bits per heavy atom. The standard InChI is InChI=1S/C23H22ClN3O2/c1-4-29-18-9-10-20-17(11-18)12-19(23(24)25-20)22-13-21(26-27(22)15(3)28)16-7-5-14(2)6-8-16/h5-13,22,26H,4H2,1-3H3/t22-/m1/s1. The van der Waals surface area contributed by atoms with Gasteiger partial charge in [0.05, 0.1) is 17.8 Å². The molecule has 1 aliphatic rings. The van der Waals surface area contributed by atoms with Gasteiger partial charge in [-0.05, 0) is 49.8 Å². The van der Waals surface area contributed by atoms with E-state index in [1.54, 1.807) is 5.01 Å². The molecule has 2 heterocycles. The van der Waals surface area contributed by atoms with Gasteiger partial charge in [0.25, 0.3) is 0 Å². The summed E-state index contributed by atoms with van der Waals surface area (Å²) in [5, 5.41) is 2.87. The predicted molar refractivity (Wildman–Crippen MR) is 115 cm³/mol. The van der Waals surface area contributed by atoms with Crippen molar-refractivity contribution < 1.29 is 9.53 Å². The van der Waals surface area contributed by atoms with Crippen molar-refractivity contribution in [1.29, 1.82) is 0 Å². The van der Waals surface area contributed by atoms with Crippen LogP contribution in [0.1, 0.15) is 36.6 Å². The van der Waals surface area contributed by atoms with Gasteiger partial charge in [-0.25, -0.2) is 9.99 Å². The Morgan fingerprint density at radius 2 is 1.97 bits per heavy atom. The van der Waals surface area contributed by atoms with E-state index in [9.17, 15) is 4.79 Å². The van der Waals surface area contributed by atoms with Crippen LogP contribution in [0.4, 0.5) is 0 Å². The van der Waals surface area contributed by atoms with Crippen molar-refractivity contribution in [3.8, 4) is 5.75 Å². The molecule has 1 atom stereocenters. The molecule has 1 aliphatic heterocycles. The van der Waals surface area contributed by atoms with Crippen molar-refractivity contribution in [2.75, 3.05) is 6.61 Å². The van der Waals surface area contributed by atoms with Crippen LogP contribution < -0.4 is 10.2 Å². The quantitative estimate of drug-likeness (QED) is 0.615. The van der Waals surface area contributed by atoms with E-state index in [0.717, 1.165) is 33.5 Å². The minimum atomic E-state index is -0.357. The molecule has 0 saturated carbocycles. The molecule has 1 aromatic heterocycles. The van der Waals surface area contributed by atoms with Gasteiger partial charge < -0.3 is 4.74 Å². The number of rotatable bonds is 4. The van der Waals surface area contributed by atoms with E-state index in [1.165, 1.54) is 12.5 Å². The van der Waals surface area contributed by atoms with Gasteiger partial charge in [-0.1, -0.05) is 41.4 Å². The fourth-order valence-corrected chi connectivity index (χ4v) is 3.74. The van der Waals surface area contributed by atoms with E-state index in [0.29, 0.717) is 11.8 Å². The van der Waals surface area contributed by atoms with E-state index >= 15 is 0 Å². The van der Waals surface area contributed by atoms with Crippen LogP contribution in [0, 0.1) is 6.92 Å². The summed E-state index contributed by atoms with van der Waals surface area (Å²) in [5.74, 6) is 0.673. The van der Waals surface area contributed by atoms with E-state index in [1.807, 2.05) is 68.5 Å². The van der Waals surface area contributed by atoms with Crippen molar-refractivity contribution in [2.45, 2.75) is 26.8 Å². The molecule has 0 saturated heterocycles. The first-order valence-electron chi connectivity index (χ1n) is 9.54. The predicted octanol–water partition coefficient (Wildman–Crippen LogP) is 5.04. The second-order valence-electron chi connectivity index (χ2n) is 7.05.